The van der Waals surface area contributed by atoms with Crippen LogP contribution in [0.15, 0.2) is 18.2 Å². The Morgan fingerprint density at radius 3 is 2.55 bits per heavy atom. The first kappa shape index (κ1) is 18.3. The van der Waals surface area contributed by atoms with E-state index in [4.69, 9.17) is 9.92 Å². The summed E-state index contributed by atoms with van der Waals surface area (Å²) in [6.45, 7) is 1.81. The molecule has 9 heteroatoms. The summed E-state index contributed by atoms with van der Waals surface area (Å²) in [5.41, 5.74) is 4.98. The van der Waals surface area contributed by atoms with Crippen molar-refractivity contribution in [2.24, 2.45) is 5.73 Å². The van der Waals surface area contributed by atoms with E-state index >= 15 is 0 Å². The average molecular weight is 346 g/mol. The zero-order valence-electron chi connectivity index (χ0n) is 12.5. The topological polar surface area (TPSA) is 116 Å². The third-order valence-electron chi connectivity index (χ3n) is 2.55. The van der Waals surface area contributed by atoms with Crippen molar-refractivity contribution >= 4 is 33.7 Å². The van der Waals surface area contributed by atoms with Crippen LogP contribution in [0, 0.1) is 0 Å². The van der Waals surface area contributed by atoms with E-state index in [9.17, 15) is 18.0 Å². The zero-order chi connectivity index (χ0) is 16.9. The smallest absolute Gasteiger partial charge is 0.306 e. The molecule has 122 valence electrons. The number of carbonyl (C=O) groups excluding carboxylic acids is 2. The predicted molar refractivity (Wildman–Crippen MR) is 85.7 cm³/mol. The van der Waals surface area contributed by atoms with Crippen LogP contribution in [-0.4, -0.2) is 44.5 Å². The Bertz CT molecular complexity index is 673. The highest BCUT2D eigenvalue weighted by atomic mass is 32.2. The molecule has 0 saturated carbocycles. The van der Waals surface area contributed by atoms with Gasteiger partial charge in [0, 0.05) is 11.8 Å². The molecule has 0 saturated heterocycles. The minimum Gasteiger partial charge on any atom is -0.382 e. The van der Waals surface area contributed by atoms with E-state index in [-0.39, 0.29) is 22.9 Å². The Labute approximate surface area is 133 Å². The largest absolute Gasteiger partial charge is 0.382 e. The lowest BCUT2D eigenvalue weighted by atomic mass is 10.0. The van der Waals surface area contributed by atoms with E-state index in [1.807, 2.05) is 13.2 Å². The number of rotatable bonds is 7. The van der Waals surface area contributed by atoms with Crippen molar-refractivity contribution in [2.75, 3.05) is 18.3 Å². The lowest BCUT2D eigenvalue weighted by Crippen LogP contribution is -2.35. The number of benzene rings is 1. The normalized spacial score (nSPS) is 12.5. The van der Waals surface area contributed by atoms with E-state index in [0.29, 0.717) is 5.75 Å². The second kappa shape index (κ2) is 7.50. The van der Waals surface area contributed by atoms with Crippen LogP contribution >= 0.6 is 11.8 Å². The van der Waals surface area contributed by atoms with Crippen LogP contribution in [0.1, 0.15) is 27.6 Å². The maximum absolute atomic E-state index is 12.2. The predicted octanol–water partition coefficient (Wildman–Crippen LogP) is 0.605. The van der Waals surface area contributed by atoms with E-state index in [1.165, 1.54) is 18.2 Å². The summed E-state index contributed by atoms with van der Waals surface area (Å²) >= 11 is 1.56. The molecule has 22 heavy (non-hydrogen) atoms. The maximum Gasteiger partial charge on any atom is 0.306 e. The van der Waals surface area contributed by atoms with Gasteiger partial charge in [0.2, 0.25) is 0 Å². The van der Waals surface area contributed by atoms with Gasteiger partial charge < -0.3 is 15.2 Å². The third kappa shape index (κ3) is 5.23. The van der Waals surface area contributed by atoms with Gasteiger partial charge >= 0.3 is 10.1 Å². The molecule has 1 atom stereocenters. The molecule has 0 heterocycles. The Morgan fingerprint density at radius 1 is 1.41 bits per heavy atom. The number of nitrogens with two attached hydrogens (primary N) is 1. The molecule has 1 unspecified atom stereocenters. The van der Waals surface area contributed by atoms with Gasteiger partial charge in [-0.1, -0.05) is 6.07 Å². The van der Waals surface area contributed by atoms with Gasteiger partial charge in [-0.3, -0.25) is 9.59 Å². The van der Waals surface area contributed by atoms with Gasteiger partial charge in [0.05, 0.1) is 17.4 Å². The van der Waals surface area contributed by atoms with Gasteiger partial charge in [0.1, 0.15) is 0 Å². The fraction of sp³-hybridized carbons (Fsp3) is 0.385. The minimum atomic E-state index is -3.85. The van der Waals surface area contributed by atoms with E-state index < -0.39 is 21.9 Å². The van der Waals surface area contributed by atoms with Crippen LogP contribution in [0.2, 0.25) is 0 Å². The first-order valence-corrected chi connectivity index (χ1v) is 9.48. The number of amides is 2. The van der Waals surface area contributed by atoms with Crippen LogP contribution in [-0.2, 0) is 10.1 Å². The van der Waals surface area contributed by atoms with Crippen LogP contribution in [0.4, 0.5) is 0 Å². The summed E-state index contributed by atoms with van der Waals surface area (Å²) < 4.78 is 27.2. The number of nitrogens with one attached hydrogen (secondary N) is 1. The van der Waals surface area contributed by atoms with Gasteiger partial charge in [-0.25, -0.2) is 0 Å². The van der Waals surface area contributed by atoms with Crippen molar-refractivity contribution < 1.29 is 22.2 Å². The fourth-order valence-electron chi connectivity index (χ4n) is 1.80. The summed E-state index contributed by atoms with van der Waals surface area (Å²) in [5.74, 6) is -1.03. The molecule has 0 aliphatic carbocycles. The molecule has 0 radical (unpaired) electrons. The molecule has 0 aromatic heterocycles. The summed E-state index contributed by atoms with van der Waals surface area (Å²) in [7, 11) is -3.85. The Balaban J connectivity index is 3.22. The second-order valence-electron chi connectivity index (χ2n) is 4.66. The molecule has 0 spiro atoms. The molecular weight excluding hydrogens is 328 g/mol. The highest BCUT2D eigenvalue weighted by Gasteiger charge is 2.22. The molecule has 0 fully saturated rings. The highest BCUT2D eigenvalue weighted by Crippen LogP contribution is 2.23. The molecular formula is C13H18N2O5S2. The first-order chi connectivity index (χ1) is 10.2. The van der Waals surface area contributed by atoms with Crippen molar-refractivity contribution in [3.8, 4) is 5.75 Å². The van der Waals surface area contributed by atoms with Crippen LogP contribution in [0.3, 0.4) is 0 Å². The summed E-state index contributed by atoms with van der Waals surface area (Å²) in [6.07, 6.45) is 2.74. The van der Waals surface area contributed by atoms with E-state index in [0.717, 1.165) is 6.26 Å². The molecule has 0 bridgehead atoms. The zero-order valence-corrected chi connectivity index (χ0v) is 14.1. The fourth-order valence-corrected chi connectivity index (χ4v) is 2.85. The van der Waals surface area contributed by atoms with E-state index in [2.05, 4.69) is 5.32 Å². The number of primary amides is 1. The molecule has 0 aliphatic heterocycles. The second-order valence-corrected chi connectivity index (χ2v) is 7.15. The number of carbonyl (C=O) groups is 2. The molecule has 1 rings (SSSR count). The maximum atomic E-state index is 12.2. The third-order valence-corrected chi connectivity index (χ3v) is 3.87. The number of thioether (sulfide) groups is 1. The van der Waals surface area contributed by atoms with Crippen LogP contribution in [0.5, 0.6) is 5.75 Å². The van der Waals surface area contributed by atoms with Crippen LogP contribution < -0.4 is 15.2 Å². The summed E-state index contributed by atoms with van der Waals surface area (Å²) in [4.78, 5) is 23.8. The van der Waals surface area contributed by atoms with Crippen molar-refractivity contribution in [1.82, 2.24) is 5.32 Å². The number of hydrogen-bond donors (Lipinski definition) is 2. The average Bonchev–Trinajstić information content (AvgIpc) is 2.36. The number of hydrogen-bond acceptors (Lipinski definition) is 6. The van der Waals surface area contributed by atoms with Crippen molar-refractivity contribution in [1.29, 1.82) is 0 Å². The van der Waals surface area contributed by atoms with Crippen molar-refractivity contribution in [2.45, 2.75) is 13.0 Å². The van der Waals surface area contributed by atoms with E-state index in [1.54, 1.807) is 11.8 Å². The van der Waals surface area contributed by atoms with Gasteiger partial charge in [-0.15, -0.1) is 0 Å². The van der Waals surface area contributed by atoms with Crippen molar-refractivity contribution in [3.63, 3.8) is 0 Å². The highest BCUT2D eigenvalue weighted by molar-refractivity contribution is 7.98. The standard InChI is InChI=1S/C13H18N2O5S2/c1-8(7-21-2)15-13(17)9-5-4-6-10(11(9)12(14)16)20-22(3,18)19/h4-6,8H,7H2,1-3H3,(H2,14,16)(H,15,17). The SMILES string of the molecule is CSCC(C)NC(=O)c1cccc(OS(C)(=O)=O)c1C(N)=O. The minimum absolute atomic E-state index is 0.0263. The first-order valence-electron chi connectivity index (χ1n) is 6.27. The Kier molecular flexibility index (Phi) is 6.24. The van der Waals surface area contributed by atoms with Gasteiger partial charge in [0.15, 0.2) is 5.75 Å². The molecule has 0 aliphatic rings. The van der Waals surface area contributed by atoms with Crippen LogP contribution in [0.25, 0.3) is 0 Å². The molecule has 3 N–H and O–H groups in total. The van der Waals surface area contributed by atoms with Gasteiger partial charge in [-0.05, 0) is 25.3 Å². The molecule has 1 aromatic rings. The lowest BCUT2D eigenvalue weighted by molar-refractivity contribution is 0.0927. The monoisotopic (exact) mass is 346 g/mol. The Hall–Kier alpha value is -1.74. The summed E-state index contributed by atoms with van der Waals surface area (Å²) in [5, 5.41) is 2.71. The quantitative estimate of drug-likeness (QED) is 0.699. The lowest BCUT2D eigenvalue weighted by Gasteiger charge is -2.15. The molecule has 1 aromatic carbocycles. The Morgan fingerprint density at radius 2 is 2.05 bits per heavy atom. The van der Waals surface area contributed by atoms with Gasteiger partial charge in [0.25, 0.3) is 11.8 Å². The molecule has 2 amide bonds. The molecule has 7 nitrogen and oxygen atoms in total. The van der Waals surface area contributed by atoms with Gasteiger partial charge in [-0.2, -0.15) is 20.2 Å². The summed E-state index contributed by atoms with van der Waals surface area (Å²) in [6, 6.07) is 3.95. The van der Waals surface area contributed by atoms with Crippen molar-refractivity contribution in [3.05, 3.63) is 29.3 Å².